The molecule has 0 saturated carbocycles. The molecule has 2 bridgehead atoms. The summed E-state index contributed by atoms with van der Waals surface area (Å²) in [5.41, 5.74) is 3.49. The van der Waals surface area contributed by atoms with Gasteiger partial charge in [-0.05, 0) is 76.4 Å². The number of carbonyl (C=O) groups excluding carboxylic acids is 4. The van der Waals surface area contributed by atoms with Crippen molar-refractivity contribution >= 4 is 47.0 Å². The summed E-state index contributed by atoms with van der Waals surface area (Å²) in [6, 6.07) is 19.3. The SMILES string of the molecule is Cc1cc(C)cc(C(=O)N2CCN(C(=O)CCN3C[C@H]4C[C@H]3CN4C(=O)[C@H](NC(=O)OC(C)(C)C)c3ccccc3)[C@H](c3ccc(Cl)c(Cl)c3)C2)c1. The van der Waals surface area contributed by atoms with Crippen molar-refractivity contribution < 1.29 is 23.9 Å². The van der Waals surface area contributed by atoms with Crippen molar-refractivity contribution in [2.45, 2.75) is 77.2 Å². The average Bonchev–Trinajstić information content (AvgIpc) is 3.70. The summed E-state index contributed by atoms with van der Waals surface area (Å²) in [5.74, 6) is -0.235. The molecule has 0 aromatic heterocycles. The quantitative estimate of drug-likeness (QED) is 0.280. The molecule has 0 aliphatic carbocycles. The molecule has 276 valence electrons. The largest absolute Gasteiger partial charge is 0.444 e. The van der Waals surface area contributed by atoms with Crippen LogP contribution in [-0.4, -0.2) is 100 Å². The van der Waals surface area contributed by atoms with E-state index in [0.717, 1.165) is 23.1 Å². The van der Waals surface area contributed by atoms with Crippen LogP contribution >= 0.6 is 23.2 Å². The number of rotatable bonds is 8. The van der Waals surface area contributed by atoms with Gasteiger partial charge in [-0.15, -0.1) is 0 Å². The zero-order chi connectivity index (χ0) is 37.3. The van der Waals surface area contributed by atoms with E-state index in [1.165, 1.54) is 0 Å². The van der Waals surface area contributed by atoms with Crippen LogP contribution in [0.1, 0.15) is 78.3 Å². The number of amides is 4. The summed E-state index contributed by atoms with van der Waals surface area (Å²) in [7, 11) is 0. The third kappa shape index (κ3) is 8.56. The molecule has 0 unspecified atom stereocenters. The Balaban J connectivity index is 1.10. The average molecular weight is 749 g/mol. The Morgan fingerprint density at radius 1 is 0.846 bits per heavy atom. The maximum Gasteiger partial charge on any atom is 0.408 e. The van der Waals surface area contributed by atoms with Crippen molar-refractivity contribution in [1.82, 2.24) is 24.9 Å². The molecule has 3 saturated heterocycles. The highest BCUT2D eigenvalue weighted by molar-refractivity contribution is 6.42. The maximum absolute atomic E-state index is 14.0. The number of nitrogens with one attached hydrogen (secondary N) is 1. The first-order valence-corrected chi connectivity index (χ1v) is 18.6. The van der Waals surface area contributed by atoms with E-state index in [2.05, 4.69) is 10.2 Å². The Morgan fingerprint density at radius 3 is 2.19 bits per heavy atom. The van der Waals surface area contributed by atoms with E-state index >= 15 is 0 Å². The monoisotopic (exact) mass is 747 g/mol. The number of likely N-dealkylation sites (tertiary alicyclic amines) is 2. The van der Waals surface area contributed by atoms with Gasteiger partial charge in [-0.3, -0.25) is 19.3 Å². The normalized spacial score (nSPS) is 20.9. The number of benzene rings is 3. The van der Waals surface area contributed by atoms with Crippen LogP contribution in [0.5, 0.6) is 0 Å². The van der Waals surface area contributed by atoms with E-state index in [9.17, 15) is 19.2 Å². The van der Waals surface area contributed by atoms with Crippen molar-refractivity contribution in [1.29, 1.82) is 0 Å². The van der Waals surface area contributed by atoms with Crippen LogP contribution in [0.3, 0.4) is 0 Å². The lowest BCUT2D eigenvalue weighted by molar-refractivity contribution is -0.138. The summed E-state index contributed by atoms with van der Waals surface area (Å²) in [6.07, 6.45) is 0.458. The number of ether oxygens (including phenoxy) is 1. The Kier molecular flexibility index (Phi) is 11.2. The molecule has 3 aliphatic heterocycles. The molecule has 6 rings (SSSR count). The summed E-state index contributed by atoms with van der Waals surface area (Å²) in [6.45, 7) is 12.2. The van der Waals surface area contributed by atoms with Crippen LogP contribution in [0.2, 0.25) is 10.0 Å². The number of halogens is 2. The minimum atomic E-state index is -0.871. The van der Waals surface area contributed by atoms with Gasteiger partial charge in [0.15, 0.2) is 0 Å². The number of nitrogens with zero attached hydrogens (tertiary/aromatic N) is 4. The van der Waals surface area contributed by atoms with Crippen LogP contribution in [0.4, 0.5) is 4.79 Å². The lowest BCUT2D eigenvalue weighted by Gasteiger charge is -2.42. The van der Waals surface area contributed by atoms with E-state index in [1.807, 2.05) is 83.1 Å². The lowest BCUT2D eigenvalue weighted by atomic mass is 10.00. The molecule has 3 aromatic rings. The number of fused-ring (bicyclic) bond motifs is 2. The van der Waals surface area contributed by atoms with E-state index < -0.39 is 17.7 Å². The van der Waals surface area contributed by atoms with Crippen LogP contribution in [-0.2, 0) is 14.3 Å². The fraction of sp³-hybridized carbons (Fsp3) is 0.450. The molecule has 3 heterocycles. The Morgan fingerprint density at radius 2 is 1.56 bits per heavy atom. The van der Waals surface area contributed by atoms with Crippen LogP contribution in [0.15, 0.2) is 66.7 Å². The Hall–Kier alpha value is -4.12. The van der Waals surface area contributed by atoms with Crippen LogP contribution in [0, 0.1) is 13.8 Å². The smallest absolute Gasteiger partial charge is 0.408 e. The second kappa shape index (κ2) is 15.5. The second-order valence-electron chi connectivity index (χ2n) is 15.2. The molecule has 0 spiro atoms. The Labute approximate surface area is 316 Å². The van der Waals surface area contributed by atoms with Gasteiger partial charge in [0.2, 0.25) is 11.8 Å². The molecule has 12 heteroatoms. The number of hydrogen-bond acceptors (Lipinski definition) is 6. The van der Waals surface area contributed by atoms with Gasteiger partial charge in [0, 0.05) is 63.3 Å². The first kappa shape index (κ1) is 37.6. The number of hydrogen-bond donors (Lipinski definition) is 1. The molecule has 1 N–H and O–H groups in total. The van der Waals surface area contributed by atoms with Gasteiger partial charge in [0.05, 0.1) is 16.1 Å². The number of piperazine rings is 2. The molecule has 3 aromatic carbocycles. The van der Waals surface area contributed by atoms with Crippen LogP contribution in [0.25, 0.3) is 0 Å². The number of carbonyl (C=O) groups is 4. The summed E-state index contributed by atoms with van der Waals surface area (Å²) < 4.78 is 5.48. The lowest BCUT2D eigenvalue weighted by Crippen LogP contribution is -2.54. The third-order valence-electron chi connectivity index (χ3n) is 10.1. The molecular weight excluding hydrogens is 701 g/mol. The van der Waals surface area contributed by atoms with Crippen molar-refractivity contribution in [2.24, 2.45) is 0 Å². The molecule has 4 amide bonds. The fourth-order valence-corrected chi connectivity index (χ4v) is 8.06. The molecule has 4 atom stereocenters. The first-order valence-electron chi connectivity index (χ1n) is 17.9. The standard InChI is InChI=1S/C40H47Cl2N5O5/c1-25-17-26(2)19-29(18-25)37(49)45-15-16-46(34(24-45)28-11-12-32(41)33(42)20-28)35(48)13-14-44-22-31-21-30(44)23-47(31)38(50)36(27-9-7-6-8-10-27)43-39(51)52-40(3,4)5/h6-12,17-20,30-31,34,36H,13-16,21-24H2,1-5H3,(H,43,51)/t30-,31+,34-,36+/m0/s1. The molecular formula is C40H47Cl2N5O5. The van der Waals surface area contributed by atoms with Crippen molar-refractivity contribution in [3.63, 3.8) is 0 Å². The maximum atomic E-state index is 14.0. The highest BCUT2D eigenvalue weighted by atomic mass is 35.5. The summed E-state index contributed by atoms with van der Waals surface area (Å²) in [4.78, 5) is 62.2. The zero-order valence-corrected chi connectivity index (χ0v) is 31.9. The molecule has 0 radical (unpaired) electrons. The molecule has 3 aliphatic rings. The second-order valence-corrected chi connectivity index (χ2v) is 16.0. The zero-order valence-electron chi connectivity index (χ0n) is 30.4. The van der Waals surface area contributed by atoms with Crippen molar-refractivity contribution in [2.75, 3.05) is 39.3 Å². The minimum absolute atomic E-state index is 0.00372. The highest BCUT2D eigenvalue weighted by Crippen LogP contribution is 2.35. The van der Waals surface area contributed by atoms with E-state index in [4.69, 9.17) is 27.9 Å². The fourth-order valence-electron chi connectivity index (χ4n) is 7.75. The number of aryl methyl sites for hydroxylation is 2. The third-order valence-corrected chi connectivity index (χ3v) is 10.8. The van der Waals surface area contributed by atoms with Crippen molar-refractivity contribution in [3.05, 3.63) is 105 Å². The van der Waals surface area contributed by atoms with Gasteiger partial charge >= 0.3 is 6.09 Å². The predicted octanol–water partition coefficient (Wildman–Crippen LogP) is 6.58. The van der Waals surface area contributed by atoms with Gasteiger partial charge < -0.3 is 24.8 Å². The van der Waals surface area contributed by atoms with Gasteiger partial charge in [-0.1, -0.05) is 76.8 Å². The van der Waals surface area contributed by atoms with Gasteiger partial charge in [-0.2, -0.15) is 0 Å². The summed E-state index contributed by atoms with van der Waals surface area (Å²) >= 11 is 12.7. The van der Waals surface area contributed by atoms with Gasteiger partial charge in [-0.25, -0.2) is 4.79 Å². The van der Waals surface area contributed by atoms with E-state index in [1.54, 1.807) is 32.9 Å². The Bertz CT molecular complexity index is 1810. The van der Waals surface area contributed by atoms with Crippen molar-refractivity contribution in [3.8, 4) is 0 Å². The predicted molar refractivity (Wildman–Crippen MR) is 201 cm³/mol. The topological polar surface area (TPSA) is 103 Å². The van der Waals surface area contributed by atoms with Crippen LogP contribution < -0.4 is 5.32 Å². The summed E-state index contributed by atoms with van der Waals surface area (Å²) in [5, 5.41) is 3.63. The molecule has 10 nitrogen and oxygen atoms in total. The minimum Gasteiger partial charge on any atom is -0.444 e. The van der Waals surface area contributed by atoms with Gasteiger partial charge in [0.25, 0.3) is 5.91 Å². The first-order chi connectivity index (χ1) is 24.7. The van der Waals surface area contributed by atoms with E-state index in [0.29, 0.717) is 66.9 Å². The highest BCUT2D eigenvalue weighted by Gasteiger charge is 2.47. The number of alkyl carbamates (subject to hydrolysis) is 1. The van der Waals surface area contributed by atoms with E-state index in [-0.39, 0.29) is 35.8 Å². The molecule has 3 fully saturated rings. The van der Waals surface area contributed by atoms with Gasteiger partial charge in [0.1, 0.15) is 11.6 Å². The molecule has 52 heavy (non-hydrogen) atoms.